The summed E-state index contributed by atoms with van der Waals surface area (Å²) in [6.07, 6.45) is 0.867. The first-order valence-corrected chi connectivity index (χ1v) is 4.28. The summed E-state index contributed by atoms with van der Waals surface area (Å²) in [5, 5.41) is 0. The summed E-state index contributed by atoms with van der Waals surface area (Å²) in [5.41, 5.74) is 4.93. The molecule has 1 aliphatic heterocycles. The van der Waals surface area contributed by atoms with Crippen LogP contribution in [0, 0.1) is 0 Å². The number of hydrogen-bond acceptors (Lipinski definition) is 5. The molecule has 6 heteroatoms. The van der Waals surface area contributed by atoms with E-state index in [1.807, 2.05) is 0 Å². The highest BCUT2D eigenvalue weighted by Crippen LogP contribution is 2.18. The third-order valence-corrected chi connectivity index (χ3v) is 1.98. The molecule has 0 aliphatic carbocycles. The monoisotopic (exact) mass is 197 g/mol. The van der Waals surface area contributed by atoms with E-state index in [-0.39, 0.29) is 12.1 Å². The molecule has 0 bridgehead atoms. The van der Waals surface area contributed by atoms with Gasteiger partial charge in [-0.2, -0.15) is 4.98 Å². The van der Waals surface area contributed by atoms with Crippen molar-refractivity contribution < 1.29 is 9.47 Å². The molecule has 0 spiro atoms. The van der Waals surface area contributed by atoms with Gasteiger partial charge in [-0.3, -0.25) is 4.57 Å². The van der Waals surface area contributed by atoms with Crippen LogP contribution in [0.4, 0.5) is 5.82 Å². The SMILES string of the molecule is CC1OC[C@@H](n2ccc(N)nc2=O)O1. The summed E-state index contributed by atoms with van der Waals surface area (Å²) in [6.45, 7) is 2.13. The standard InChI is InChI=1S/C8H11N3O3/c1-5-13-4-7(14-5)11-3-2-6(9)10-8(11)12/h2-3,5,7H,4H2,1H3,(H2,9,10,12)/t5?,7-/m0/s1. The van der Waals surface area contributed by atoms with Crippen molar-refractivity contribution in [2.24, 2.45) is 0 Å². The fourth-order valence-corrected chi connectivity index (χ4v) is 1.31. The van der Waals surface area contributed by atoms with Gasteiger partial charge in [-0.1, -0.05) is 0 Å². The lowest BCUT2D eigenvalue weighted by molar-refractivity contribution is -0.0579. The molecule has 1 saturated heterocycles. The van der Waals surface area contributed by atoms with Gasteiger partial charge < -0.3 is 15.2 Å². The zero-order valence-corrected chi connectivity index (χ0v) is 7.71. The van der Waals surface area contributed by atoms with Gasteiger partial charge in [0.1, 0.15) is 5.82 Å². The molecule has 2 heterocycles. The van der Waals surface area contributed by atoms with Crippen LogP contribution in [0.25, 0.3) is 0 Å². The number of hydrogen-bond donors (Lipinski definition) is 1. The first-order chi connectivity index (χ1) is 6.66. The molecular formula is C8H11N3O3. The van der Waals surface area contributed by atoms with Crippen LogP contribution in [-0.4, -0.2) is 22.4 Å². The predicted octanol–water partition coefficient (Wildman–Crippen LogP) is -0.283. The van der Waals surface area contributed by atoms with E-state index in [9.17, 15) is 4.79 Å². The van der Waals surface area contributed by atoms with Gasteiger partial charge >= 0.3 is 5.69 Å². The number of nitrogen functional groups attached to an aromatic ring is 1. The fourth-order valence-electron chi connectivity index (χ4n) is 1.31. The first kappa shape index (κ1) is 9.17. The van der Waals surface area contributed by atoms with Gasteiger partial charge in [0.15, 0.2) is 12.5 Å². The van der Waals surface area contributed by atoms with Crippen LogP contribution in [0.1, 0.15) is 13.2 Å². The third-order valence-electron chi connectivity index (χ3n) is 1.98. The van der Waals surface area contributed by atoms with Gasteiger partial charge in [-0.15, -0.1) is 0 Å². The van der Waals surface area contributed by atoms with E-state index in [1.165, 1.54) is 4.57 Å². The Labute approximate surface area is 80.3 Å². The van der Waals surface area contributed by atoms with E-state index < -0.39 is 11.9 Å². The maximum atomic E-state index is 11.4. The average Bonchev–Trinajstić information content (AvgIpc) is 2.51. The van der Waals surface area contributed by atoms with Gasteiger partial charge in [-0.05, 0) is 13.0 Å². The second-order valence-electron chi connectivity index (χ2n) is 3.03. The van der Waals surface area contributed by atoms with Gasteiger partial charge in [0.25, 0.3) is 0 Å². The van der Waals surface area contributed by atoms with Crippen molar-refractivity contribution in [2.45, 2.75) is 19.4 Å². The van der Waals surface area contributed by atoms with E-state index in [0.717, 1.165) is 0 Å². The van der Waals surface area contributed by atoms with Crippen LogP contribution in [-0.2, 0) is 9.47 Å². The predicted molar refractivity (Wildman–Crippen MR) is 48.4 cm³/mol. The van der Waals surface area contributed by atoms with E-state index in [4.69, 9.17) is 15.2 Å². The second kappa shape index (κ2) is 3.39. The average molecular weight is 197 g/mol. The number of aromatic nitrogens is 2. The summed E-state index contributed by atoms with van der Waals surface area (Å²) >= 11 is 0. The summed E-state index contributed by atoms with van der Waals surface area (Å²) in [6, 6.07) is 1.55. The normalized spacial score (nSPS) is 26.6. The van der Waals surface area contributed by atoms with Crippen LogP contribution < -0.4 is 11.4 Å². The van der Waals surface area contributed by atoms with Gasteiger partial charge in [-0.25, -0.2) is 4.79 Å². The maximum absolute atomic E-state index is 11.4. The Morgan fingerprint density at radius 2 is 2.50 bits per heavy atom. The lowest BCUT2D eigenvalue weighted by atomic mass is 10.5. The minimum Gasteiger partial charge on any atom is -0.383 e. The van der Waals surface area contributed by atoms with Crippen molar-refractivity contribution in [1.29, 1.82) is 0 Å². The number of anilines is 1. The quantitative estimate of drug-likeness (QED) is 0.669. The Morgan fingerprint density at radius 1 is 1.71 bits per heavy atom. The number of ether oxygens (including phenoxy) is 2. The summed E-state index contributed by atoms with van der Waals surface area (Å²) in [5.74, 6) is 0.207. The fraction of sp³-hybridized carbons (Fsp3) is 0.500. The van der Waals surface area contributed by atoms with Crippen molar-refractivity contribution >= 4 is 5.82 Å². The van der Waals surface area contributed by atoms with Crippen LogP contribution in [0.3, 0.4) is 0 Å². The van der Waals surface area contributed by atoms with E-state index >= 15 is 0 Å². The number of rotatable bonds is 1. The summed E-state index contributed by atoms with van der Waals surface area (Å²) < 4.78 is 11.9. The number of nitrogens with zero attached hydrogens (tertiary/aromatic N) is 2. The topological polar surface area (TPSA) is 79.4 Å². The van der Waals surface area contributed by atoms with Crippen LogP contribution in [0.2, 0.25) is 0 Å². The molecule has 0 radical (unpaired) electrons. The maximum Gasteiger partial charge on any atom is 0.351 e. The van der Waals surface area contributed by atoms with Crippen molar-refractivity contribution in [3.05, 3.63) is 22.7 Å². The lowest BCUT2D eigenvalue weighted by Gasteiger charge is -2.10. The smallest absolute Gasteiger partial charge is 0.351 e. The molecule has 1 fully saturated rings. The van der Waals surface area contributed by atoms with Crippen molar-refractivity contribution in [2.75, 3.05) is 12.3 Å². The van der Waals surface area contributed by atoms with Crippen molar-refractivity contribution in [3.8, 4) is 0 Å². The van der Waals surface area contributed by atoms with Crippen LogP contribution >= 0.6 is 0 Å². The molecule has 1 aromatic heterocycles. The summed E-state index contributed by atoms with van der Waals surface area (Å²) in [7, 11) is 0. The van der Waals surface area contributed by atoms with E-state index in [0.29, 0.717) is 6.61 Å². The zero-order valence-electron chi connectivity index (χ0n) is 7.71. The van der Waals surface area contributed by atoms with E-state index in [2.05, 4.69) is 4.98 Å². The Balaban J connectivity index is 2.29. The molecule has 1 aromatic rings. The highest BCUT2D eigenvalue weighted by molar-refractivity contribution is 5.23. The minimum atomic E-state index is -0.423. The van der Waals surface area contributed by atoms with Crippen LogP contribution in [0.15, 0.2) is 17.1 Å². The Kier molecular flexibility index (Phi) is 2.22. The molecule has 0 saturated carbocycles. The molecule has 2 rings (SSSR count). The highest BCUT2D eigenvalue weighted by atomic mass is 16.7. The first-order valence-electron chi connectivity index (χ1n) is 4.28. The molecule has 1 aliphatic rings. The number of nitrogens with two attached hydrogens (primary N) is 1. The van der Waals surface area contributed by atoms with Gasteiger partial charge in [0.2, 0.25) is 0 Å². The lowest BCUT2D eigenvalue weighted by Crippen LogP contribution is -2.28. The molecule has 0 amide bonds. The molecule has 2 atom stereocenters. The van der Waals surface area contributed by atoms with E-state index in [1.54, 1.807) is 19.2 Å². The molecule has 2 N–H and O–H groups in total. The minimum absolute atomic E-state index is 0.207. The third kappa shape index (κ3) is 1.61. The largest absolute Gasteiger partial charge is 0.383 e. The van der Waals surface area contributed by atoms with Crippen molar-refractivity contribution in [1.82, 2.24) is 9.55 Å². The zero-order chi connectivity index (χ0) is 10.1. The molecule has 6 nitrogen and oxygen atoms in total. The van der Waals surface area contributed by atoms with Gasteiger partial charge in [0.05, 0.1) is 6.61 Å². The Hall–Kier alpha value is -1.40. The summed E-state index contributed by atoms with van der Waals surface area (Å²) in [4.78, 5) is 15.0. The second-order valence-corrected chi connectivity index (χ2v) is 3.03. The molecule has 76 valence electrons. The Morgan fingerprint density at radius 3 is 3.07 bits per heavy atom. The molecular weight excluding hydrogens is 186 g/mol. The Bertz CT molecular complexity index is 390. The molecule has 1 unspecified atom stereocenters. The highest BCUT2D eigenvalue weighted by Gasteiger charge is 2.24. The molecule has 14 heavy (non-hydrogen) atoms. The van der Waals surface area contributed by atoms with Crippen LogP contribution in [0.5, 0.6) is 0 Å². The molecule has 0 aromatic carbocycles. The van der Waals surface area contributed by atoms with Crippen molar-refractivity contribution in [3.63, 3.8) is 0 Å². The van der Waals surface area contributed by atoms with Gasteiger partial charge in [0, 0.05) is 6.20 Å².